The Morgan fingerprint density at radius 1 is 0.935 bits per heavy atom. The summed E-state index contributed by atoms with van der Waals surface area (Å²) in [6.45, 7) is 3.82. The highest BCUT2D eigenvalue weighted by Crippen LogP contribution is 2.26. The molecule has 9 heteroatoms. The van der Waals surface area contributed by atoms with Gasteiger partial charge in [0.25, 0.3) is 0 Å². The summed E-state index contributed by atoms with van der Waals surface area (Å²) in [6.07, 6.45) is 0.981. The van der Waals surface area contributed by atoms with E-state index in [0.717, 1.165) is 37.7 Å². The monoisotopic (exact) mass is 463 g/mol. The summed E-state index contributed by atoms with van der Waals surface area (Å²) in [5.41, 5.74) is 1.86. The number of anilines is 2. The van der Waals surface area contributed by atoms with E-state index in [9.17, 15) is 13.2 Å². The number of benzene rings is 2. The zero-order chi connectivity index (χ0) is 21.8. The van der Waals surface area contributed by atoms with Gasteiger partial charge >= 0.3 is 0 Å². The maximum Gasteiger partial charge on any atom is 0.243 e. The van der Waals surface area contributed by atoms with Crippen molar-refractivity contribution in [1.82, 2.24) is 4.31 Å². The van der Waals surface area contributed by atoms with Gasteiger partial charge < -0.3 is 15.0 Å². The van der Waals surface area contributed by atoms with Crippen LogP contribution in [0, 0.1) is 5.92 Å². The number of hydrogen-bond acceptors (Lipinski definition) is 5. The van der Waals surface area contributed by atoms with Crippen LogP contribution in [-0.4, -0.2) is 58.0 Å². The molecule has 2 aromatic carbocycles. The Kier molecular flexibility index (Phi) is 6.81. The number of rotatable bonds is 5. The van der Waals surface area contributed by atoms with Gasteiger partial charge in [-0.3, -0.25) is 4.79 Å². The van der Waals surface area contributed by atoms with Gasteiger partial charge in [-0.05, 0) is 61.4 Å². The molecule has 166 valence electrons. The van der Waals surface area contributed by atoms with Gasteiger partial charge in [0.05, 0.1) is 18.1 Å². The first kappa shape index (κ1) is 22.1. The van der Waals surface area contributed by atoms with E-state index in [-0.39, 0.29) is 16.7 Å². The van der Waals surface area contributed by atoms with Gasteiger partial charge in [0.2, 0.25) is 15.9 Å². The highest BCUT2D eigenvalue weighted by atomic mass is 35.5. The lowest BCUT2D eigenvalue weighted by Crippen LogP contribution is -2.41. The number of halogens is 1. The molecule has 2 heterocycles. The molecule has 0 saturated carbocycles. The minimum Gasteiger partial charge on any atom is -0.378 e. The summed E-state index contributed by atoms with van der Waals surface area (Å²) in [5, 5.41) is 3.46. The molecule has 0 radical (unpaired) electrons. The van der Waals surface area contributed by atoms with Crippen LogP contribution in [0.1, 0.15) is 12.8 Å². The van der Waals surface area contributed by atoms with Crippen LogP contribution in [0.4, 0.5) is 11.4 Å². The lowest BCUT2D eigenvalue weighted by molar-refractivity contribution is -0.120. The SMILES string of the molecule is O=C(Nc1ccc(N2CCOCC2)cc1)C1CCN(S(=O)(=O)c2ccc(Cl)cc2)CC1. The average molecular weight is 464 g/mol. The van der Waals surface area contributed by atoms with Crippen LogP contribution in [0.25, 0.3) is 0 Å². The molecule has 4 rings (SSSR count). The lowest BCUT2D eigenvalue weighted by Gasteiger charge is -2.30. The smallest absolute Gasteiger partial charge is 0.243 e. The van der Waals surface area contributed by atoms with E-state index in [1.165, 1.54) is 16.4 Å². The number of morpholine rings is 1. The zero-order valence-electron chi connectivity index (χ0n) is 17.2. The third-order valence-electron chi connectivity index (χ3n) is 5.79. The maximum atomic E-state index is 12.8. The Balaban J connectivity index is 1.31. The molecule has 2 aliphatic heterocycles. The average Bonchev–Trinajstić information content (AvgIpc) is 2.80. The fourth-order valence-electron chi connectivity index (χ4n) is 3.94. The first-order valence-corrected chi connectivity index (χ1v) is 12.2. The van der Waals surface area contributed by atoms with Crippen LogP contribution in [0.2, 0.25) is 5.02 Å². The van der Waals surface area contributed by atoms with Crippen molar-refractivity contribution in [1.29, 1.82) is 0 Å². The molecular formula is C22H26ClN3O4S. The molecule has 0 spiro atoms. The van der Waals surface area contributed by atoms with Crippen molar-refractivity contribution in [3.05, 3.63) is 53.6 Å². The number of piperidine rings is 1. The molecule has 7 nitrogen and oxygen atoms in total. The van der Waals surface area contributed by atoms with Crippen LogP contribution in [0.15, 0.2) is 53.4 Å². The van der Waals surface area contributed by atoms with Crippen molar-refractivity contribution in [3.8, 4) is 0 Å². The highest BCUT2D eigenvalue weighted by molar-refractivity contribution is 7.89. The van der Waals surface area contributed by atoms with Crippen molar-refractivity contribution in [3.63, 3.8) is 0 Å². The van der Waals surface area contributed by atoms with E-state index in [1.54, 1.807) is 12.1 Å². The summed E-state index contributed by atoms with van der Waals surface area (Å²) >= 11 is 5.86. The van der Waals surface area contributed by atoms with Crippen molar-refractivity contribution < 1.29 is 17.9 Å². The Labute approximate surface area is 188 Å². The lowest BCUT2D eigenvalue weighted by atomic mass is 9.97. The predicted molar refractivity (Wildman–Crippen MR) is 121 cm³/mol. The van der Waals surface area contributed by atoms with Crippen LogP contribution in [-0.2, 0) is 19.6 Å². The molecule has 0 unspecified atom stereocenters. The van der Waals surface area contributed by atoms with E-state index >= 15 is 0 Å². The molecule has 31 heavy (non-hydrogen) atoms. The van der Waals surface area contributed by atoms with E-state index in [0.29, 0.717) is 31.0 Å². The normalized spacial score (nSPS) is 18.7. The van der Waals surface area contributed by atoms with Crippen molar-refractivity contribution in [2.75, 3.05) is 49.6 Å². The Hall–Kier alpha value is -2.13. The molecule has 1 N–H and O–H groups in total. The second-order valence-electron chi connectivity index (χ2n) is 7.77. The Morgan fingerprint density at radius 3 is 2.16 bits per heavy atom. The quantitative estimate of drug-likeness (QED) is 0.736. The first-order chi connectivity index (χ1) is 14.9. The molecule has 0 atom stereocenters. The van der Waals surface area contributed by atoms with E-state index < -0.39 is 10.0 Å². The second-order valence-corrected chi connectivity index (χ2v) is 10.1. The van der Waals surface area contributed by atoms with E-state index in [4.69, 9.17) is 16.3 Å². The van der Waals surface area contributed by atoms with E-state index in [1.807, 2.05) is 24.3 Å². The van der Waals surface area contributed by atoms with Gasteiger partial charge in [0.1, 0.15) is 0 Å². The van der Waals surface area contributed by atoms with Crippen LogP contribution < -0.4 is 10.2 Å². The molecule has 1 amide bonds. The van der Waals surface area contributed by atoms with Gasteiger partial charge in [-0.1, -0.05) is 11.6 Å². The predicted octanol–water partition coefficient (Wildman–Crippen LogP) is 3.22. The number of nitrogens with zero attached hydrogens (tertiary/aromatic N) is 2. The number of hydrogen-bond donors (Lipinski definition) is 1. The third kappa shape index (κ3) is 5.20. The summed E-state index contributed by atoms with van der Waals surface area (Å²) in [5.74, 6) is -0.279. The molecular weight excluding hydrogens is 438 g/mol. The molecule has 2 saturated heterocycles. The van der Waals surface area contributed by atoms with Crippen LogP contribution >= 0.6 is 11.6 Å². The first-order valence-electron chi connectivity index (χ1n) is 10.4. The number of ether oxygens (including phenoxy) is 1. The van der Waals surface area contributed by atoms with Gasteiger partial charge in [0, 0.05) is 48.5 Å². The van der Waals surface area contributed by atoms with Crippen LogP contribution in [0.5, 0.6) is 0 Å². The topological polar surface area (TPSA) is 79.0 Å². The van der Waals surface area contributed by atoms with Gasteiger partial charge in [-0.25, -0.2) is 8.42 Å². The second kappa shape index (κ2) is 9.56. The van der Waals surface area contributed by atoms with Crippen molar-refractivity contribution in [2.24, 2.45) is 5.92 Å². The molecule has 0 aliphatic carbocycles. The van der Waals surface area contributed by atoms with Crippen molar-refractivity contribution >= 4 is 38.9 Å². The highest BCUT2D eigenvalue weighted by Gasteiger charge is 2.32. The van der Waals surface area contributed by atoms with E-state index in [2.05, 4.69) is 10.2 Å². The minimum atomic E-state index is -3.57. The number of sulfonamides is 1. The Morgan fingerprint density at radius 2 is 1.55 bits per heavy atom. The Bertz CT molecular complexity index is 998. The molecule has 2 fully saturated rings. The number of amides is 1. The molecule has 2 aromatic rings. The molecule has 2 aliphatic rings. The fraction of sp³-hybridized carbons (Fsp3) is 0.409. The van der Waals surface area contributed by atoms with Gasteiger partial charge in [0.15, 0.2) is 0 Å². The number of carbonyl (C=O) groups excluding carboxylic acids is 1. The summed E-state index contributed by atoms with van der Waals surface area (Å²) in [4.78, 5) is 15.2. The number of carbonyl (C=O) groups is 1. The summed E-state index contributed by atoms with van der Waals surface area (Å²) in [7, 11) is -3.57. The van der Waals surface area contributed by atoms with Gasteiger partial charge in [-0.2, -0.15) is 4.31 Å². The zero-order valence-corrected chi connectivity index (χ0v) is 18.7. The fourth-order valence-corrected chi connectivity index (χ4v) is 5.53. The van der Waals surface area contributed by atoms with Crippen LogP contribution in [0.3, 0.4) is 0 Å². The minimum absolute atomic E-state index is 0.0670. The molecule has 0 bridgehead atoms. The van der Waals surface area contributed by atoms with Crippen molar-refractivity contribution in [2.45, 2.75) is 17.7 Å². The maximum absolute atomic E-state index is 12.8. The number of nitrogens with one attached hydrogen (secondary N) is 1. The largest absolute Gasteiger partial charge is 0.378 e. The molecule has 0 aromatic heterocycles. The third-order valence-corrected chi connectivity index (χ3v) is 7.95. The summed E-state index contributed by atoms with van der Waals surface area (Å²) < 4.78 is 32.4. The summed E-state index contributed by atoms with van der Waals surface area (Å²) in [6, 6.07) is 14.0. The standard InChI is InChI=1S/C22H26ClN3O4S/c23-18-1-7-21(8-2-18)31(28,29)26-11-9-17(10-12-26)22(27)24-19-3-5-20(6-4-19)25-13-15-30-16-14-25/h1-8,17H,9-16H2,(H,24,27). The van der Waals surface area contributed by atoms with Gasteiger partial charge in [-0.15, -0.1) is 0 Å².